The Labute approximate surface area is 201 Å². The lowest BCUT2D eigenvalue weighted by Crippen LogP contribution is -2.36. The molecule has 14 heteroatoms. The molecule has 0 bridgehead atoms. The van der Waals surface area contributed by atoms with Gasteiger partial charge in [0.25, 0.3) is 11.6 Å². The molecule has 0 aliphatic carbocycles. The van der Waals surface area contributed by atoms with Crippen molar-refractivity contribution >= 4 is 40.1 Å². The number of hydrogen-bond acceptors (Lipinski definition) is 9. The first kappa shape index (κ1) is 24.1. The van der Waals surface area contributed by atoms with Crippen LogP contribution >= 0.6 is 22.6 Å². The fourth-order valence-electron chi connectivity index (χ4n) is 2.69. The second kappa shape index (κ2) is 10.8. The van der Waals surface area contributed by atoms with Crippen LogP contribution in [-0.2, 0) is 11.3 Å². The minimum atomic E-state index is -0.562. The van der Waals surface area contributed by atoms with E-state index in [0.717, 1.165) is 15.0 Å². The van der Waals surface area contributed by atoms with E-state index in [1.165, 1.54) is 24.3 Å². The second-order valence-corrected chi connectivity index (χ2v) is 7.88. The minimum absolute atomic E-state index is 0.0720. The zero-order valence-electron chi connectivity index (χ0n) is 17.7. The van der Waals surface area contributed by atoms with Crippen molar-refractivity contribution < 1.29 is 23.8 Å². The Balaban J connectivity index is 1.37. The van der Waals surface area contributed by atoms with Gasteiger partial charge in [-0.25, -0.2) is 0 Å². The predicted octanol–water partition coefficient (Wildman–Crippen LogP) is 1.37. The van der Waals surface area contributed by atoms with Gasteiger partial charge in [-0.05, 0) is 48.6 Å². The first-order valence-corrected chi connectivity index (χ1v) is 10.8. The number of nitro groups is 1. The zero-order chi connectivity index (χ0) is 24.0. The van der Waals surface area contributed by atoms with Gasteiger partial charge in [0.1, 0.15) is 12.3 Å². The van der Waals surface area contributed by atoms with Gasteiger partial charge in [-0.1, -0.05) is 5.16 Å². The number of carbonyl (C=O) groups excluding carboxylic acids is 2. The Kier molecular flexibility index (Phi) is 7.92. The van der Waals surface area contributed by atoms with E-state index in [1.807, 2.05) is 13.8 Å². The molecule has 0 saturated carbocycles. The largest absolute Gasteiger partial charge is 0.484 e. The summed E-state index contributed by atoms with van der Waals surface area (Å²) < 4.78 is 13.0. The number of aromatic nitrogens is 4. The molecular weight excluding hydrogens is 549 g/mol. The molecule has 2 heterocycles. The molecule has 3 rings (SSSR count). The molecule has 0 spiro atoms. The van der Waals surface area contributed by atoms with Crippen molar-refractivity contribution in [3.05, 3.63) is 61.1 Å². The molecule has 174 valence electrons. The number of rotatable bonds is 10. The second-order valence-electron chi connectivity index (χ2n) is 6.80. The van der Waals surface area contributed by atoms with Crippen molar-refractivity contribution in [3.63, 3.8) is 0 Å². The summed E-state index contributed by atoms with van der Waals surface area (Å²) in [5.74, 6) is -0.519. The van der Waals surface area contributed by atoms with Crippen LogP contribution in [0.15, 0.2) is 28.8 Å². The zero-order valence-corrected chi connectivity index (χ0v) is 19.9. The Morgan fingerprint density at radius 2 is 1.91 bits per heavy atom. The number of halogens is 1. The van der Waals surface area contributed by atoms with Crippen LogP contribution in [0.2, 0.25) is 0 Å². The highest BCUT2D eigenvalue weighted by atomic mass is 127. The van der Waals surface area contributed by atoms with Crippen LogP contribution in [0.4, 0.5) is 5.69 Å². The monoisotopic (exact) mass is 569 g/mol. The summed E-state index contributed by atoms with van der Waals surface area (Å²) in [5.41, 5.74) is 1.80. The van der Waals surface area contributed by atoms with Crippen LogP contribution in [0.3, 0.4) is 0 Å². The van der Waals surface area contributed by atoms with Gasteiger partial charge < -0.3 is 19.9 Å². The fraction of sp³-hybridized carbons (Fsp3) is 0.316. The van der Waals surface area contributed by atoms with E-state index in [0.29, 0.717) is 11.6 Å². The van der Waals surface area contributed by atoms with Gasteiger partial charge in [0.05, 0.1) is 14.2 Å². The molecule has 0 aliphatic heterocycles. The minimum Gasteiger partial charge on any atom is -0.484 e. The Morgan fingerprint density at radius 3 is 2.55 bits per heavy atom. The smallest absolute Gasteiger partial charge is 0.316 e. The standard InChI is InChI=1S/C19H20IN7O6/c1-11-17(20)12(2)26(24-11)9-15-23-19(33-25-15)18(29)22-8-7-21-16(28)10-32-14-5-3-13(4-6-14)27(30)31/h3-6H,7-10H2,1-2H3,(H,21,28)(H,22,29). The van der Waals surface area contributed by atoms with E-state index in [4.69, 9.17) is 9.26 Å². The van der Waals surface area contributed by atoms with E-state index in [1.54, 1.807) is 4.68 Å². The summed E-state index contributed by atoms with van der Waals surface area (Å²) in [6.07, 6.45) is 0. The molecule has 2 aromatic heterocycles. The summed E-state index contributed by atoms with van der Waals surface area (Å²) in [7, 11) is 0. The van der Waals surface area contributed by atoms with Crippen molar-refractivity contribution in [1.29, 1.82) is 0 Å². The highest BCUT2D eigenvalue weighted by Crippen LogP contribution is 2.17. The third kappa shape index (κ3) is 6.47. The third-order valence-corrected chi connectivity index (χ3v) is 5.96. The number of nitrogens with zero attached hydrogens (tertiary/aromatic N) is 5. The van der Waals surface area contributed by atoms with Crippen molar-refractivity contribution in [1.82, 2.24) is 30.6 Å². The number of ether oxygens (including phenoxy) is 1. The summed E-state index contributed by atoms with van der Waals surface area (Å²) in [5, 5.41) is 24.0. The summed E-state index contributed by atoms with van der Waals surface area (Å²) in [6.45, 7) is 4.12. The molecule has 0 fully saturated rings. The van der Waals surface area contributed by atoms with Crippen molar-refractivity contribution in [3.8, 4) is 5.75 Å². The first-order valence-electron chi connectivity index (χ1n) is 9.69. The lowest BCUT2D eigenvalue weighted by molar-refractivity contribution is -0.384. The number of aryl methyl sites for hydroxylation is 1. The molecule has 33 heavy (non-hydrogen) atoms. The number of non-ortho nitro benzene ring substituents is 1. The number of nitrogens with one attached hydrogen (secondary N) is 2. The molecule has 0 atom stereocenters. The molecule has 0 aliphatic rings. The van der Waals surface area contributed by atoms with Crippen LogP contribution in [0.1, 0.15) is 27.9 Å². The SMILES string of the molecule is Cc1nn(Cc2noc(C(=O)NCCNC(=O)COc3ccc([N+](=O)[O-])cc3)n2)c(C)c1I. The number of carbonyl (C=O) groups is 2. The summed E-state index contributed by atoms with van der Waals surface area (Å²) >= 11 is 2.21. The average Bonchev–Trinajstić information content (AvgIpc) is 3.36. The average molecular weight is 569 g/mol. The van der Waals surface area contributed by atoms with Gasteiger partial charge in [-0.3, -0.25) is 24.4 Å². The Morgan fingerprint density at radius 1 is 1.21 bits per heavy atom. The van der Waals surface area contributed by atoms with E-state index in [9.17, 15) is 19.7 Å². The molecule has 0 radical (unpaired) electrons. The van der Waals surface area contributed by atoms with Gasteiger partial charge in [0.15, 0.2) is 12.4 Å². The summed E-state index contributed by atoms with van der Waals surface area (Å²) in [4.78, 5) is 38.1. The number of nitro benzene ring substituents is 1. The fourth-order valence-corrected chi connectivity index (χ4v) is 3.08. The normalized spacial score (nSPS) is 10.6. The molecule has 2 N–H and O–H groups in total. The van der Waals surface area contributed by atoms with Crippen LogP contribution in [0, 0.1) is 27.5 Å². The predicted molar refractivity (Wildman–Crippen MR) is 122 cm³/mol. The quantitative estimate of drug-likeness (QED) is 0.159. The van der Waals surface area contributed by atoms with E-state index < -0.39 is 16.7 Å². The van der Waals surface area contributed by atoms with Gasteiger partial charge in [-0.2, -0.15) is 10.1 Å². The molecule has 2 amide bonds. The highest BCUT2D eigenvalue weighted by molar-refractivity contribution is 14.1. The van der Waals surface area contributed by atoms with Gasteiger partial charge in [0.2, 0.25) is 0 Å². The van der Waals surface area contributed by atoms with Crippen molar-refractivity contribution in [2.45, 2.75) is 20.4 Å². The highest BCUT2D eigenvalue weighted by Gasteiger charge is 2.17. The van der Waals surface area contributed by atoms with E-state index in [2.05, 4.69) is 48.5 Å². The Hall–Kier alpha value is -3.56. The number of benzene rings is 1. The maximum absolute atomic E-state index is 12.2. The van der Waals surface area contributed by atoms with Gasteiger partial charge in [0, 0.05) is 30.9 Å². The van der Waals surface area contributed by atoms with E-state index in [-0.39, 0.29) is 37.8 Å². The maximum atomic E-state index is 12.2. The lowest BCUT2D eigenvalue weighted by atomic mass is 10.3. The molecule has 13 nitrogen and oxygen atoms in total. The molecular formula is C19H20IN7O6. The van der Waals surface area contributed by atoms with E-state index >= 15 is 0 Å². The lowest BCUT2D eigenvalue weighted by Gasteiger charge is -2.07. The Bertz CT molecular complexity index is 1160. The number of amides is 2. The topological polar surface area (TPSA) is 167 Å². The molecule has 3 aromatic rings. The van der Waals surface area contributed by atoms with Crippen molar-refractivity contribution in [2.24, 2.45) is 0 Å². The molecule has 0 unspecified atom stereocenters. The van der Waals surface area contributed by atoms with Crippen molar-refractivity contribution in [2.75, 3.05) is 19.7 Å². The molecule has 1 aromatic carbocycles. The first-order chi connectivity index (χ1) is 15.7. The van der Waals surface area contributed by atoms with Crippen LogP contribution < -0.4 is 15.4 Å². The van der Waals surface area contributed by atoms with Crippen LogP contribution in [-0.4, -0.2) is 56.4 Å². The number of hydrogen-bond donors (Lipinski definition) is 2. The third-order valence-electron chi connectivity index (χ3n) is 4.40. The van der Waals surface area contributed by atoms with Gasteiger partial charge in [-0.15, -0.1) is 0 Å². The summed E-state index contributed by atoms with van der Waals surface area (Å²) in [6, 6.07) is 5.37. The van der Waals surface area contributed by atoms with Gasteiger partial charge >= 0.3 is 11.8 Å². The van der Waals surface area contributed by atoms with Crippen LogP contribution in [0.5, 0.6) is 5.75 Å². The molecule has 0 saturated heterocycles. The maximum Gasteiger partial charge on any atom is 0.316 e. The van der Waals surface area contributed by atoms with Crippen LogP contribution in [0.25, 0.3) is 0 Å².